The molecule has 0 radical (unpaired) electrons. The average molecular weight is 340 g/mol. The van der Waals surface area contributed by atoms with Crippen molar-refractivity contribution in [1.29, 1.82) is 0 Å². The smallest absolute Gasteiger partial charge is 0.231 e. The van der Waals surface area contributed by atoms with E-state index in [1.165, 1.54) is 29.8 Å². The Morgan fingerprint density at radius 1 is 1.32 bits per heavy atom. The van der Waals surface area contributed by atoms with Gasteiger partial charge in [-0.05, 0) is 33.4 Å². The van der Waals surface area contributed by atoms with Crippen LogP contribution in [0.3, 0.4) is 0 Å². The Hall–Kier alpha value is -1.73. The molecular weight excluding hydrogens is 333 g/mol. The third kappa shape index (κ3) is 2.26. The molecule has 96 valence electrons. The first-order chi connectivity index (χ1) is 9.15. The summed E-state index contributed by atoms with van der Waals surface area (Å²) in [7, 11) is 0. The van der Waals surface area contributed by atoms with Crippen LogP contribution in [0.25, 0.3) is 10.2 Å². The minimum Gasteiger partial charge on any atom is -0.436 e. The van der Waals surface area contributed by atoms with E-state index >= 15 is 0 Å². The lowest BCUT2D eigenvalue weighted by molar-refractivity contribution is 0.465. The summed E-state index contributed by atoms with van der Waals surface area (Å²) < 4.78 is 19.4. The third-order valence-corrected chi connectivity index (χ3v) is 3.91. The molecule has 7 heteroatoms. The highest BCUT2D eigenvalue weighted by atomic mass is 79.9. The third-order valence-electron chi connectivity index (χ3n) is 2.48. The molecule has 3 aromatic rings. The van der Waals surface area contributed by atoms with Gasteiger partial charge in [-0.3, -0.25) is 0 Å². The first-order valence-corrected chi connectivity index (χ1v) is 6.93. The minimum absolute atomic E-state index is 0.229. The Morgan fingerprint density at radius 3 is 3.00 bits per heavy atom. The second kappa shape index (κ2) is 4.75. The van der Waals surface area contributed by atoms with E-state index in [0.29, 0.717) is 16.0 Å². The van der Waals surface area contributed by atoms with Crippen LogP contribution in [0.5, 0.6) is 11.6 Å². The number of nitrogens with zero attached hydrogens (tertiary/aromatic N) is 2. The highest BCUT2D eigenvalue weighted by Crippen LogP contribution is 2.34. The van der Waals surface area contributed by atoms with Crippen molar-refractivity contribution >= 4 is 43.2 Å². The van der Waals surface area contributed by atoms with Crippen molar-refractivity contribution in [1.82, 2.24) is 9.97 Å². The zero-order valence-electron chi connectivity index (χ0n) is 9.43. The molecule has 0 aliphatic rings. The number of anilines is 1. The Bertz CT molecular complexity index is 762. The Morgan fingerprint density at radius 2 is 2.16 bits per heavy atom. The molecule has 0 unspecified atom stereocenters. The van der Waals surface area contributed by atoms with Crippen LogP contribution in [0.15, 0.2) is 34.4 Å². The number of hydrogen-bond acceptors (Lipinski definition) is 5. The molecule has 0 spiro atoms. The molecule has 0 atom stereocenters. The summed E-state index contributed by atoms with van der Waals surface area (Å²) in [4.78, 5) is 8.97. The molecule has 0 fully saturated rings. The number of hydrogen-bond donors (Lipinski definition) is 1. The highest BCUT2D eigenvalue weighted by Gasteiger charge is 2.11. The number of nitrogen functional groups attached to an aromatic ring is 1. The minimum atomic E-state index is -0.445. The molecule has 4 nitrogen and oxygen atoms in total. The molecule has 1 aromatic carbocycles. The highest BCUT2D eigenvalue weighted by molar-refractivity contribution is 9.10. The van der Waals surface area contributed by atoms with Gasteiger partial charge in [0.2, 0.25) is 5.88 Å². The van der Waals surface area contributed by atoms with Crippen molar-refractivity contribution in [3.8, 4) is 11.6 Å². The van der Waals surface area contributed by atoms with Crippen LogP contribution < -0.4 is 10.5 Å². The van der Waals surface area contributed by atoms with E-state index < -0.39 is 5.82 Å². The number of fused-ring (bicyclic) bond motifs is 1. The van der Waals surface area contributed by atoms with Gasteiger partial charge in [-0.1, -0.05) is 0 Å². The molecule has 2 N–H and O–H groups in total. The fraction of sp³-hybridized carbons (Fsp3) is 0. The molecule has 3 rings (SSSR count). The summed E-state index contributed by atoms with van der Waals surface area (Å²) in [6.45, 7) is 0. The largest absolute Gasteiger partial charge is 0.436 e. The first kappa shape index (κ1) is 12.3. The molecule has 0 bridgehead atoms. The fourth-order valence-corrected chi connectivity index (χ4v) is 2.67. The lowest BCUT2D eigenvalue weighted by Gasteiger charge is -2.09. The summed E-state index contributed by atoms with van der Waals surface area (Å²) in [5, 5.41) is 2.66. The topological polar surface area (TPSA) is 61.0 Å². The van der Waals surface area contributed by atoms with Crippen molar-refractivity contribution in [2.24, 2.45) is 0 Å². The molecule has 2 heterocycles. The van der Waals surface area contributed by atoms with Gasteiger partial charge in [0, 0.05) is 6.07 Å². The van der Waals surface area contributed by atoms with Gasteiger partial charge in [0.05, 0.1) is 15.5 Å². The summed E-state index contributed by atoms with van der Waals surface area (Å²) in [5.41, 5.74) is 6.12. The standard InChI is InChI=1S/C12H7BrFN3OS/c13-7-3-9(15)10(4-8(7)14)18-11-6-1-2-19-12(6)17-5-16-11/h1-5H,15H2. The van der Waals surface area contributed by atoms with Crippen LogP contribution in [0.1, 0.15) is 0 Å². The van der Waals surface area contributed by atoms with Gasteiger partial charge in [-0.25, -0.2) is 14.4 Å². The molecular formula is C12H7BrFN3OS. The predicted molar refractivity (Wildman–Crippen MR) is 76.0 cm³/mol. The Balaban J connectivity index is 2.06. The molecule has 2 aromatic heterocycles. The monoisotopic (exact) mass is 339 g/mol. The van der Waals surface area contributed by atoms with Gasteiger partial charge in [-0.15, -0.1) is 11.3 Å². The zero-order valence-corrected chi connectivity index (χ0v) is 11.8. The summed E-state index contributed by atoms with van der Waals surface area (Å²) in [5.74, 6) is 0.145. The Kier molecular flexibility index (Phi) is 3.08. The van der Waals surface area contributed by atoms with Gasteiger partial charge in [0.25, 0.3) is 0 Å². The van der Waals surface area contributed by atoms with E-state index in [9.17, 15) is 4.39 Å². The maximum Gasteiger partial charge on any atom is 0.231 e. The van der Waals surface area contributed by atoms with Gasteiger partial charge in [0.1, 0.15) is 17.0 Å². The van der Waals surface area contributed by atoms with Gasteiger partial charge in [0.15, 0.2) is 5.75 Å². The quantitative estimate of drug-likeness (QED) is 0.717. The molecule has 0 saturated heterocycles. The number of halogens is 2. The van der Waals surface area contributed by atoms with Crippen LogP contribution in [0.4, 0.5) is 10.1 Å². The van der Waals surface area contributed by atoms with Crippen molar-refractivity contribution in [3.05, 3.63) is 40.2 Å². The van der Waals surface area contributed by atoms with E-state index in [-0.39, 0.29) is 5.75 Å². The van der Waals surface area contributed by atoms with Crippen molar-refractivity contribution < 1.29 is 9.13 Å². The average Bonchev–Trinajstić information content (AvgIpc) is 2.85. The number of aromatic nitrogens is 2. The number of rotatable bonds is 2. The second-order valence-electron chi connectivity index (χ2n) is 3.72. The molecule has 0 aliphatic carbocycles. The molecule has 19 heavy (non-hydrogen) atoms. The summed E-state index contributed by atoms with van der Waals surface area (Å²) >= 11 is 4.54. The van der Waals surface area contributed by atoms with Crippen LogP contribution in [-0.4, -0.2) is 9.97 Å². The second-order valence-corrected chi connectivity index (χ2v) is 5.47. The normalized spacial score (nSPS) is 10.8. The van der Waals surface area contributed by atoms with Crippen LogP contribution >= 0.6 is 27.3 Å². The maximum atomic E-state index is 13.5. The fourth-order valence-electron chi connectivity index (χ4n) is 1.59. The predicted octanol–water partition coefficient (Wildman–Crippen LogP) is 3.97. The Labute approximate surface area is 120 Å². The van der Waals surface area contributed by atoms with Crippen LogP contribution in [-0.2, 0) is 0 Å². The van der Waals surface area contributed by atoms with Gasteiger partial charge >= 0.3 is 0 Å². The first-order valence-electron chi connectivity index (χ1n) is 5.26. The lowest BCUT2D eigenvalue weighted by Crippen LogP contribution is -1.96. The summed E-state index contributed by atoms with van der Waals surface area (Å²) in [6.07, 6.45) is 1.40. The van der Waals surface area contributed by atoms with Crippen LogP contribution in [0, 0.1) is 5.82 Å². The van der Waals surface area contributed by atoms with Gasteiger partial charge in [-0.2, -0.15) is 0 Å². The SMILES string of the molecule is Nc1cc(Br)c(F)cc1Oc1ncnc2sccc12. The van der Waals surface area contributed by atoms with E-state index in [2.05, 4.69) is 25.9 Å². The number of ether oxygens (including phenoxy) is 1. The molecule has 0 amide bonds. The zero-order chi connectivity index (χ0) is 13.4. The van der Waals surface area contributed by atoms with Crippen LogP contribution in [0.2, 0.25) is 0 Å². The molecule has 0 aliphatic heterocycles. The van der Waals surface area contributed by atoms with Crippen molar-refractivity contribution in [2.45, 2.75) is 0 Å². The van der Waals surface area contributed by atoms with Crippen molar-refractivity contribution in [3.63, 3.8) is 0 Å². The van der Waals surface area contributed by atoms with Gasteiger partial charge < -0.3 is 10.5 Å². The number of thiophene rings is 1. The van der Waals surface area contributed by atoms with E-state index in [1.54, 1.807) is 0 Å². The number of nitrogens with two attached hydrogens (primary N) is 1. The van der Waals surface area contributed by atoms with E-state index in [0.717, 1.165) is 10.2 Å². The molecule has 0 saturated carbocycles. The van der Waals surface area contributed by atoms with E-state index in [4.69, 9.17) is 10.5 Å². The van der Waals surface area contributed by atoms with Crippen molar-refractivity contribution in [2.75, 3.05) is 5.73 Å². The number of benzene rings is 1. The summed E-state index contributed by atoms with van der Waals surface area (Å²) in [6, 6.07) is 4.52. The maximum absolute atomic E-state index is 13.5. The van der Waals surface area contributed by atoms with E-state index in [1.807, 2.05) is 11.4 Å². The lowest BCUT2D eigenvalue weighted by atomic mass is 10.3.